The number of likely N-dealkylation sites (tertiary alicyclic amines) is 1. The van der Waals surface area contributed by atoms with Gasteiger partial charge in [-0.3, -0.25) is 9.69 Å². The molecule has 2 aliphatic rings. The molecule has 0 bridgehead atoms. The molecule has 2 fully saturated rings. The van der Waals surface area contributed by atoms with Crippen molar-refractivity contribution in [1.29, 1.82) is 0 Å². The average Bonchev–Trinajstić information content (AvgIpc) is 3.23. The van der Waals surface area contributed by atoms with Crippen LogP contribution in [0.4, 0.5) is 0 Å². The summed E-state index contributed by atoms with van der Waals surface area (Å²) < 4.78 is 7.03. The first-order valence-corrected chi connectivity index (χ1v) is 12.5. The van der Waals surface area contributed by atoms with E-state index in [1.54, 1.807) is 11.3 Å². The van der Waals surface area contributed by atoms with E-state index in [0.29, 0.717) is 0 Å². The molecule has 5 nitrogen and oxygen atoms in total. The first kappa shape index (κ1) is 21.6. The minimum absolute atomic E-state index is 0.0738. The number of nitrogens with zero attached hydrogens (tertiary/aromatic N) is 3. The fourth-order valence-electron chi connectivity index (χ4n) is 5.05. The lowest BCUT2D eigenvalue weighted by atomic mass is 10.0. The van der Waals surface area contributed by atoms with Crippen molar-refractivity contribution in [1.82, 2.24) is 14.8 Å². The number of thiazole rings is 1. The Balaban J connectivity index is 1.31. The van der Waals surface area contributed by atoms with E-state index in [9.17, 15) is 4.79 Å². The van der Waals surface area contributed by atoms with Gasteiger partial charge in [0.05, 0.1) is 28.5 Å². The van der Waals surface area contributed by atoms with Crippen molar-refractivity contribution in [2.45, 2.75) is 57.9 Å². The highest BCUT2D eigenvalue weighted by Crippen LogP contribution is 2.36. The molecule has 2 aromatic carbocycles. The number of fused-ring (bicyclic) bond motifs is 1. The highest BCUT2D eigenvalue weighted by Gasteiger charge is 2.31. The number of morpholine rings is 1. The lowest BCUT2D eigenvalue weighted by molar-refractivity contribution is -0.0704. The molecule has 6 heteroatoms. The van der Waals surface area contributed by atoms with Crippen molar-refractivity contribution in [3.63, 3.8) is 0 Å². The summed E-state index contributed by atoms with van der Waals surface area (Å²) in [6.07, 6.45) is 3.70. The molecule has 3 atom stereocenters. The van der Waals surface area contributed by atoms with E-state index in [0.717, 1.165) is 61.5 Å². The maximum Gasteiger partial charge on any atom is 0.254 e. The topological polar surface area (TPSA) is 45.7 Å². The molecule has 5 rings (SSSR count). The number of hydrogen-bond donors (Lipinski definition) is 0. The minimum atomic E-state index is 0.0738. The van der Waals surface area contributed by atoms with Gasteiger partial charge in [0, 0.05) is 31.7 Å². The number of carbonyl (C=O) groups is 1. The molecule has 0 N–H and O–H groups in total. The Labute approximate surface area is 194 Å². The largest absolute Gasteiger partial charge is 0.373 e. The molecule has 0 spiro atoms. The van der Waals surface area contributed by atoms with Gasteiger partial charge < -0.3 is 9.64 Å². The van der Waals surface area contributed by atoms with Crippen molar-refractivity contribution < 1.29 is 9.53 Å². The van der Waals surface area contributed by atoms with Crippen LogP contribution in [0.3, 0.4) is 0 Å². The summed E-state index contributed by atoms with van der Waals surface area (Å²) in [5, 5.41) is 1.06. The van der Waals surface area contributed by atoms with Gasteiger partial charge in [0.1, 0.15) is 5.01 Å². The Morgan fingerprint density at radius 1 is 1.06 bits per heavy atom. The monoisotopic (exact) mass is 449 g/mol. The van der Waals surface area contributed by atoms with Gasteiger partial charge in [0.15, 0.2) is 0 Å². The van der Waals surface area contributed by atoms with E-state index >= 15 is 0 Å². The minimum Gasteiger partial charge on any atom is -0.373 e. The number of benzene rings is 2. The Bertz CT molecular complexity index is 1040. The number of carbonyl (C=O) groups excluding carboxylic acids is 1. The molecule has 1 amide bonds. The average molecular weight is 450 g/mol. The third kappa shape index (κ3) is 4.58. The summed E-state index contributed by atoms with van der Waals surface area (Å²) in [5.74, 6) is 0.120. The molecule has 0 saturated carbocycles. The van der Waals surface area contributed by atoms with Gasteiger partial charge in [-0.1, -0.05) is 24.3 Å². The Morgan fingerprint density at radius 3 is 2.56 bits per heavy atom. The fourth-order valence-corrected chi connectivity index (χ4v) is 6.17. The number of amides is 1. The van der Waals surface area contributed by atoms with Gasteiger partial charge in [-0.15, -0.1) is 11.3 Å². The molecule has 3 aromatic rings. The second kappa shape index (κ2) is 9.30. The van der Waals surface area contributed by atoms with Gasteiger partial charge in [0.25, 0.3) is 5.91 Å². The zero-order chi connectivity index (χ0) is 22.1. The predicted octanol–water partition coefficient (Wildman–Crippen LogP) is 5.27. The number of rotatable bonds is 4. The molecular weight excluding hydrogens is 418 g/mol. The van der Waals surface area contributed by atoms with Gasteiger partial charge >= 0.3 is 0 Å². The van der Waals surface area contributed by atoms with E-state index < -0.39 is 0 Å². The number of para-hydroxylation sites is 1. The second-order valence-electron chi connectivity index (χ2n) is 9.18. The lowest BCUT2D eigenvalue weighted by Gasteiger charge is -2.35. The van der Waals surface area contributed by atoms with Crippen LogP contribution in [0.5, 0.6) is 0 Å². The van der Waals surface area contributed by atoms with Crippen LogP contribution in [0.2, 0.25) is 0 Å². The summed E-state index contributed by atoms with van der Waals surface area (Å²) in [6, 6.07) is 16.5. The maximum absolute atomic E-state index is 13.5. The standard InChI is InChI=1S/C26H31N3O2S/c1-18-15-28(16-19(2)31-18)17-20-10-12-21(13-11-20)26(30)29-14-6-5-8-23(29)25-27-22-7-3-4-9-24(22)32-25/h3-4,7,9-13,18-19,23H,5-6,8,14-17H2,1-2H3. The van der Waals surface area contributed by atoms with Crippen LogP contribution >= 0.6 is 11.3 Å². The third-order valence-electron chi connectivity index (χ3n) is 6.46. The summed E-state index contributed by atoms with van der Waals surface area (Å²) in [6.45, 7) is 7.84. The summed E-state index contributed by atoms with van der Waals surface area (Å²) in [4.78, 5) is 22.8. The van der Waals surface area contributed by atoms with Crippen LogP contribution in [0, 0.1) is 0 Å². The first-order valence-electron chi connectivity index (χ1n) is 11.7. The van der Waals surface area contributed by atoms with Crippen LogP contribution < -0.4 is 0 Å². The maximum atomic E-state index is 13.5. The number of hydrogen-bond acceptors (Lipinski definition) is 5. The van der Waals surface area contributed by atoms with Crippen molar-refractivity contribution in [2.24, 2.45) is 0 Å². The van der Waals surface area contributed by atoms with Crippen molar-refractivity contribution in [2.75, 3.05) is 19.6 Å². The number of piperidine rings is 1. The smallest absolute Gasteiger partial charge is 0.254 e. The SMILES string of the molecule is CC1CN(Cc2ccc(C(=O)N3CCCCC3c3nc4ccccc4s3)cc2)CC(C)O1. The molecule has 3 unspecified atom stereocenters. The number of ether oxygens (including phenoxy) is 1. The normalized spacial score (nSPS) is 24.7. The molecule has 0 radical (unpaired) electrons. The van der Waals surface area contributed by atoms with Crippen molar-refractivity contribution in [3.8, 4) is 0 Å². The molecule has 168 valence electrons. The van der Waals surface area contributed by atoms with E-state index in [1.165, 1.54) is 10.3 Å². The van der Waals surface area contributed by atoms with Crippen LogP contribution in [0.15, 0.2) is 48.5 Å². The lowest BCUT2D eigenvalue weighted by Crippen LogP contribution is -2.44. The van der Waals surface area contributed by atoms with Crippen LogP contribution in [-0.2, 0) is 11.3 Å². The van der Waals surface area contributed by atoms with E-state index in [2.05, 4.69) is 43.0 Å². The van der Waals surface area contributed by atoms with E-state index in [1.807, 2.05) is 29.2 Å². The van der Waals surface area contributed by atoms with Gasteiger partial charge in [-0.2, -0.15) is 0 Å². The Hall–Kier alpha value is -2.28. The molecular formula is C26H31N3O2S. The first-order chi connectivity index (χ1) is 15.6. The van der Waals surface area contributed by atoms with Gasteiger partial charge in [-0.05, 0) is 62.9 Å². The Morgan fingerprint density at radius 2 is 1.81 bits per heavy atom. The predicted molar refractivity (Wildman–Crippen MR) is 129 cm³/mol. The van der Waals surface area contributed by atoms with E-state index in [4.69, 9.17) is 9.72 Å². The molecule has 2 saturated heterocycles. The van der Waals surface area contributed by atoms with Crippen molar-refractivity contribution >= 4 is 27.5 Å². The molecule has 0 aliphatic carbocycles. The molecule has 3 heterocycles. The third-order valence-corrected chi connectivity index (χ3v) is 7.60. The van der Waals surface area contributed by atoms with Crippen LogP contribution in [-0.4, -0.2) is 52.5 Å². The van der Waals surface area contributed by atoms with Crippen LogP contribution in [0.25, 0.3) is 10.2 Å². The Kier molecular flexibility index (Phi) is 6.26. The van der Waals surface area contributed by atoms with Gasteiger partial charge in [-0.25, -0.2) is 4.98 Å². The highest BCUT2D eigenvalue weighted by atomic mass is 32.1. The number of aromatic nitrogens is 1. The second-order valence-corrected chi connectivity index (χ2v) is 10.2. The summed E-state index contributed by atoms with van der Waals surface area (Å²) in [7, 11) is 0. The van der Waals surface area contributed by atoms with Gasteiger partial charge in [0.2, 0.25) is 0 Å². The summed E-state index contributed by atoms with van der Waals surface area (Å²) in [5.41, 5.74) is 3.04. The molecule has 32 heavy (non-hydrogen) atoms. The fraction of sp³-hybridized carbons (Fsp3) is 0.462. The van der Waals surface area contributed by atoms with Crippen molar-refractivity contribution in [3.05, 3.63) is 64.7 Å². The zero-order valence-electron chi connectivity index (χ0n) is 18.9. The van der Waals surface area contributed by atoms with Crippen LogP contribution in [0.1, 0.15) is 60.1 Å². The highest BCUT2D eigenvalue weighted by molar-refractivity contribution is 7.18. The quantitative estimate of drug-likeness (QED) is 0.544. The summed E-state index contributed by atoms with van der Waals surface area (Å²) >= 11 is 1.72. The molecule has 2 aliphatic heterocycles. The molecule has 1 aromatic heterocycles. The van der Waals surface area contributed by atoms with E-state index in [-0.39, 0.29) is 24.2 Å². The zero-order valence-corrected chi connectivity index (χ0v) is 19.7.